The number of carbonyl (C=O) groups is 2. The quantitative estimate of drug-likeness (QED) is 0.213. The standard InChI is InChI=1S/C40H56N2O4/c1-28(2)41-38(45)42(26-30-13-7-5-8-14-30)27-40(46)23-21-36-34-20-18-31(25-35(34)37(44)32-15-9-6-10-16-32)24-33(43)19-17-29(3)12-11-22-39(36,40)4/h5,7-8,12-14,18,20,25,28,32-33,36,43,46H,6,9-11,15-17,19,21-24,26-27H2,1-4H3,(H,41,45)/t33-,36-,39-,40+/m0/s1. The van der Waals surface area contributed by atoms with E-state index in [1.165, 1.54) is 12.0 Å². The molecule has 0 aliphatic heterocycles. The molecular weight excluding hydrogens is 572 g/mol. The smallest absolute Gasteiger partial charge is 0.317 e. The molecule has 2 aromatic rings. The van der Waals surface area contributed by atoms with Gasteiger partial charge in [-0.05, 0) is 107 Å². The zero-order valence-electron chi connectivity index (χ0n) is 28.6. The van der Waals surface area contributed by atoms with Crippen LogP contribution < -0.4 is 5.32 Å². The number of amides is 2. The Balaban J connectivity index is 1.56. The number of Topliss-reactive ketones (excluding diaryl/α,β-unsaturated/α-hetero) is 1. The first-order valence-electron chi connectivity index (χ1n) is 17.8. The molecule has 2 saturated carbocycles. The maximum absolute atomic E-state index is 14.3. The lowest BCUT2D eigenvalue weighted by atomic mass is 9.64. The highest BCUT2D eigenvalue weighted by atomic mass is 16.3. The van der Waals surface area contributed by atoms with Crippen molar-refractivity contribution in [3.05, 3.63) is 82.4 Å². The Morgan fingerprint density at radius 3 is 2.46 bits per heavy atom. The van der Waals surface area contributed by atoms with Crippen LogP contribution in [0.4, 0.5) is 4.79 Å². The van der Waals surface area contributed by atoms with Crippen molar-refractivity contribution in [1.82, 2.24) is 10.2 Å². The van der Waals surface area contributed by atoms with E-state index >= 15 is 0 Å². The molecule has 0 unspecified atom stereocenters. The van der Waals surface area contributed by atoms with Crippen LogP contribution in [0, 0.1) is 11.3 Å². The van der Waals surface area contributed by atoms with Gasteiger partial charge < -0.3 is 20.4 Å². The van der Waals surface area contributed by atoms with Gasteiger partial charge in [-0.1, -0.05) is 80.3 Å². The van der Waals surface area contributed by atoms with Crippen molar-refractivity contribution in [2.45, 2.75) is 135 Å². The second-order valence-corrected chi connectivity index (χ2v) is 15.1. The molecule has 4 atom stereocenters. The lowest BCUT2D eigenvalue weighted by molar-refractivity contribution is -0.0781. The van der Waals surface area contributed by atoms with Crippen molar-refractivity contribution in [2.75, 3.05) is 6.54 Å². The first kappa shape index (κ1) is 34.4. The summed E-state index contributed by atoms with van der Waals surface area (Å²) in [4.78, 5) is 29.7. The number of fused-ring (bicyclic) bond motifs is 8. The third-order valence-electron chi connectivity index (χ3n) is 11.3. The number of hydrogen-bond acceptors (Lipinski definition) is 4. The van der Waals surface area contributed by atoms with Crippen LogP contribution in [0.25, 0.3) is 0 Å². The molecule has 0 saturated heterocycles. The first-order valence-corrected chi connectivity index (χ1v) is 17.8. The Morgan fingerprint density at radius 2 is 1.74 bits per heavy atom. The topological polar surface area (TPSA) is 89.9 Å². The van der Waals surface area contributed by atoms with Crippen LogP contribution in [0.1, 0.15) is 131 Å². The van der Waals surface area contributed by atoms with Crippen LogP contribution in [0.3, 0.4) is 0 Å². The SMILES string of the molecule is CC1=CCC[C@@]2(C)[C@@H](CC[C@@]2(O)CN(Cc2ccccc2)C(=O)NC(C)C)c2ccc(cc2C(=O)C2CCCCC2)C[C@@H](O)CC1. The molecule has 4 aliphatic rings. The number of allylic oxidation sites excluding steroid dienone is 2. The molecule has 4 aliphatic carbocycles. The lowest BCUT2D eigenvalue weighted by Gasteiger charge is -2.46. The van der Waals surface area contributed by atoms with E-state index in [4.69, 9.17) is 0 Å². The number of benzene rings is 2. The largest absolute Gasteiger partial charge is 0.393 e. The normalized spacial score (nSPS) is 27.5. The summed E-state index contributed by atoms with van der Waals surface area (Å²) in [5.74, 6) is 0.223. The number of rotatable bonds is 7. The van der Waals surface area contributed by atoms with E-state index in [0.29, 0.717) is 25.8 Å². The molecule has 6 rings (SSSR count). The molecule has 6 heteroatoms. The number of aliphatic hydroxyl groups excluding tert-OH is 1. The molecule has 0 heterocycles. The summed E-state index contributed by atoms with van der Waals surface area (Å²) < 4.78 is 0. The Hall–Kier alpha value is -2.96. The number of carbonyl (C=O) groups excluding carboxylic acids is 2. The lowest BCUT2D eigenvalue weighted by Crippen LogP contribution is -2.55. The van der Waals surface area contributed by atoms with Gasteiger partial charge in [0.25, 0.3) is 0 Å². The summed E-state index contributed by atoms with van der Waals surface area (Å²) in [6.45, 7) is 8.87. The summed E-state index contributed by atoms with van der Waals surface area (Å²) in [6.07, 6.45) is 11.9. The van der Waals surface area contributed by atoms with E-state index < -0.39 is 17.1 Å². The van der Waals surface area contributed by atoms with Gasteiger partial charge in [-0.3, -0.25) is 4.79 Å². The number of ketones is 1. The molecule has 0 aromatic heterocycles. The fourth-order valence-corrected chi connectivity index (χ4v) is 8.46. The highest BCUT2D eigenvalue weighted by Gasteiger charge is 2.57. The second-order valence-electron chi connectivity index (χ2n) is 15.1. The monoisotopic (exact) mass is 628 g/mol. The van der Waals surface area contributed by atoms with E-state index in [0.717, 1.165) is 73.6 Å². The average Bonchev–Trinajstić information content (AvgIpc) is 3.28. The minimum absolute atomic E-state index is 0.0276. The number of hydrogen-bond donors (Lipinski definition) is 3. The molecule has 2 bridgehead atoms. The molecular formula is C40H56N2O4. The van der Waals surface area contributed by atoms with Crippen molar-refractivity contribution in [2.24, 2.45) is 11.3 Å². The third-order valence-corrected chi connectivity index (χ3v) is 11.3. The molecule has 2 amide bonds. The first-order chi connectivity index (χ1) is 22.0. The Kier molecular flexibility index (Phi) is 11.1. The molecule has 2 fully saturated rings. The molecule has 0 radical (unpaired) electrons. The Bertz CT molecular complexity index is 1380. The van der Waals surface area contributed by atoms with Crippen LogP contribution in [-0.2, 0) is 13.0 Å². The van der Waals surface area contributed by atoms with Crippen molar-refractivity contribution < 1.29 is 19.8 Å². The zero-order valence-corrected chi connectivity index (χ0v) is 28.6. The summed E-state index contributed by atoms with van der Waals surface area (Å²) >= 11 is 0. The maximum Gasteiger partial charge on any atom is 0.317 e. The van der Waals surface area contributed by atoms with Crippen LogP contribution in [0.2, 0.25) is 0 Å². The maximum atomic E-state index is 14.3. The van der Waals surface area contributed by atoms with Gasteiger partial charge in [-0.15, -0.1) is 0 Å². The summed E-state index contributed by atoms with van der Waals surface area (Å²) in [5, 5.41) is 26.8. The van der Waals surface area contributed by atoms with Crippen LogP contribution in [0.15, 0.2) is 60.2 Å². The van der Waals surface area contributed by atoms with Crippen molar-refractivity contribution >= 4 is 11.8 Å². The predicted octanol–water partition coefficient (Wildman–Crippen LogP) is 8.11. The highest BCUT2D eigenvalue weighted by molar-refractivity contribution is 5.99. The second kappa shape index (κ2) is 14.9. The molecule has 0 spiro atoms. The third kappa shape index (κ3) is 7.77. The van der Waals surface area contributed by atoms with E-state index in [9.17, 15) is 19.8 Å². The van der Waals surface area contributed by atoms with Crippen LogP contribution >= 0.6 is 0 Å². The summed E-state index contributed by atoms with van der Waals surface area (Å²) in [6, 6.07) is 16.1. The highest BCUT2D eigenvalue weighted by Crippen LogP contribution is 2.59. The van der Waals surface area contributed by atoms with Gasteiger partial charge >= 0.3 is 6.03 Å². The van der Waals surface area contributed by atoms with E-state index in [2.05, 4.69) is 43.4 Å². The van der Waals surface area contributed by atoms with Gasteiger partial charge in [0.05, 0.1) is 18.2 Å². The number of aliphatic hydroxyl groups is 2. The van der Waals surface area contributed by atoms with E-state index in [-0.39, 0.29) is 36.2 Å². The van der Waals surface area contributed by atoms with Gasteiger partial charge in [0.2, 0.25) is 0 Å². The van der Waals surface area contributed by atoms with Crippen LogP contribution in [0.5, 0.6) is 0 Å². The fraction of sp³-hybridized carbons (Fsp3) is 0.600. The van der Waals surface area contributed by atoms with Crippen LogP contribution in [-0.4, -0.2) is 51.2 Å². The molecule has 46 heavy (non-hydrogen) atoms. The predicted molar refractivity (Wildman–Crippen MR) is 185 cm³/mol. The van der Waals surface area contributed by atoms with Crippen molar-refractivity contribution in [1.29, 1.82) is 0 Å². The van der Waals surface area contributed by atoms with Gasteiger partial charge in [-0.2, -0.15) is 0 Å². The average molecular weight is 629 g/mol. The minimum atomic E-state index is -1.15. The molecule has 3 N–H and O–H groups in total. The molecule has 250 valence electrons. The molecule has 6 nitrogen and oxygen atoms in total. The van der Waals surface area contributed by atoms with Gasteiger partial charge in [0.1, 0.15) is 0 Å². The van der Waals surface area contributed by atoms with E-state index in [1.54, 1.807) is 4.90 Å². The van der Waals surface area contributed by atoms with Gasteiger partial charge in [-0.25, -0.2) is 4.79 Å². The van der Waals surface area contributed by atoms with Gasteiger partial charge in [0.15, 0.2) is 5.78 Å². The zero-order chi connectivity index (χ0) is 32.9. The molecule has 2 aromatic carbocycles. The summed E-state index contributed by atoms with van der Waals surface area (Å²) in [7, 11) is 0. The fourth-order valence-electron chi connectivity index (χ4n) is 8.46. The summed E-state index contributed by atoms with van der Waals surface area (Å²) in [5.41, 5.74) is 3.37. The Labute approximate surface area is 276 Å². The van der Waals surface area contributed by atoms with Crippen molar-refractivity contribution in [3.63, 3.8) is 0 Å². The number of nitrogens with one attached hydrogen (secondary N) is 1. The Morgan fingerprint density at radius 1 is 1.00 bits per heavy atom. The minimum Gasteiger partial charge on any atom is -0.393 e. The van der Waals surface area contributed by atoms with Gasteiger partial charge in [0, 0.05) is 29.5 Å². The van der Waals surface area contributed by atoms with Crippen molar-refractivity contribution in [3.8, 4) is 0 Å². The number of urea groups is 1. The number of nitrogens with zero attached hydrogens (tertiary/aromatic N) is 1. The van der Waals surface area contributed by atoms with E-state index in [1.807, 2.05) is 44.2 Å².